The van der Waals surface area contributed by atoms with Crippen LogP contribution in [0.3, 0.4) is 0 Å². The Morgan fingerprint density at radius 3 is 2.83 bits per heavy atom. The quantitative estimate of drug-likeness (QED) is 0.570. The van der Waals surface area contributed by atoms with E-state index in [4.69, 9.17) is 4.42 Å². The fourth-order valence-corrected chi connectivity index (χ4v) is 1.53. The highest BCUT2D eigenvalue weighted by atomic mass is 16.3. The van der Waals surface area contributed by atoms with Crippen molar-refractivity contribution >= 4 is 18.4 Å². The third-order valence-corrected chi connectivity index (χ3v) is 2.21. The molecule has 1 aliphatic carbocycles. The molecule has 1 heterocycles. The molecule has 0 atom stereocenters. The monoisotopic (exact) mass is 162 g/mol. The van der Waals surface area contributed by atoms with Gasteiger partial charge in [-0.15, -0.1) is 0 Å². The van der Waals surface area contributed by atoms with E-state index >= 15 is 0 Å². The van der Waals surface area contributed by atoms with Gasteiger partial charge in [-0.05, 0) is 25.8 Å². The van der Waals surface area contributed by atoms with Crippen molar-refractivity contribution in [1.29, 1.82) is 0 Å². The van der Waals surface area contributed by atoms with E-state index in [1.54, 1.807) is 0 Å². The fourth-order valence-electron chi connectivity index (χ4n) is 1.53. The number of fused-ring (bicyclic) bond motifs is 1. The van der Waals surface area contributed by atoms with Gasteiger partial charge >= 0.3 is 0 Å². The normalized spacial score (nSPS) is 14.4. The van der Waals surface area contributed by atoms with Crippen LogP contribution in [0.4, 0.5) is 0 Å². The average Bonchev–Trinajstić information content (AvgIpc) is 2.44. The molecule has 1 aliphatic rings. The van der Waals surface area contributed by atoms with Gasteiger partial charge in [0.25, 0.3) is 0 Å². The van der Waals surface area contributed by atoms with E-state index < -0.39 is 0 Å². The van der Waals surface area contributed by atoms with Crippen molar-refractivity contribution in [2.24, 2.45) is 0 Å². The summed E-state index contributed by atoms with van der Waals surface area (Å²) in [6.07, 6.45) is 7.00. The van der Waals surface area contributed by atoms with Gasteiger partial charge < -0.3 is 4.42 Å². The minimum Gasteiger partial charge on any atom is -0.453 e. The number of hydrogen-bond acceptors (Lipinski definition) is 2. The van der Waals surface area contributed by atoms with Gasteiger partial charge in [-0.2, -0.15) is 0 Å². The molecule has 1 aromatic heterocycles. The Bertz CT molecular complexity index is 423. The third kappa shape index (κ3) is 0.916. The second kappa shape index (κ2) is 2.63. The van der Waals surface area contributed by atoms with Crippen molar-refractivity contribution in [3.05, 3.63) is 22.0 Å². The second-order valence-electron chi connectivity index (χ2n) is 2.97. The SMILES string of the molecule is Cc1c(C=O)oc2c1=CCCC=2. The smallest absolute Gasteiger partial charge is 0.185 e. The Morgan fingerprint density at radius 1 is 1.42 bits per heavy atom. The zero-order valence-electron chi connectivity index (χ0n) is 6.96. The second-order valence-corrected chi connectivity index (χ2v) is 2.97. The largest absolute Gasteiger partial charge is 0.453 e. The molecule has 1 aromatic rings. The lowest BCUT2D eigenvalue weighted by molar-refractivity contribution is 0.109. The molecule has 0 aromatic carbocycles. The maximum absolute atomic E-state index is 10.5. The standard InChI is InChI=1S/C10H10O2/c1-7-8-4-2-3-5-9(8)12-10(7)6-11/h4-6H,2-3H2,1H3. The van der Waals surface area contributed by atoms with Gasteiger partial charge in [0.2, 0.25) is 0 Å². The van der Waals surface area contributed by atoms with Crippen LogP contribution in [0.25, 0.3) is 12.2 Å². The van der Waals surface area contributed by atoms with Gasteiger partial charge in [0.1, 0.15) is 5.42 Å². The highest BCUT2D eigenvalue weighted by Gasteiger charge is 2.07. The Hall–Kier alpha value is -1.31. The first kappa shape index (κ1) is 7.35. The lowest BCUT2D eigenvalue weighted by atomic mass is 10.1. The summed E-state index contributed by atoms with van der Waals surface area (Å²) in [6, 6.07) is 0. The lowest BCUT2D eigenvalue weighted by Gasteiger charge is -1.91. The molecule has 0 saturated carbocycles. The molecule has 0 fully saturated rings. The summed E-state index contributed by atoms with van der Waals surface area (Å²) in [5.41, 5.74) is 1.83. The minimum atomic E-state index is 0.467. The van der Waals surface area contributed by atoms with Crippen molar-refractivity contribution in [3.8, 4) is 0 Å². The summed E-state index contributed by atoms with van der Waals surface area (Å²) < 4.78 is 5.33. The van der Waals surface area contributed by atoms with Gasteiger partial charge in [0, 0.05) is 10.8 Å². The maximum Gasteiger partial charge on any atom is 0.185 e. The molecule has 0 aliphatic heterocycles. The summed E-state index contributed by atoms with van der Waals surface area (Å²) in [5, 5.41) is 1.10. The molecule has 2 nitrogen and oxygen atoms in total. The van der Waals surface area contributed by atoms with Crippen LogP contribution in [0, 0.1) is 6.92 Å². The van der Waals surface area contributed by atoms with Crippen LogP contribution < -0.4 is 10.6 Å². The third-order valence-electron chi connectivity index (χ3n) is 2.21. The molecule has 0 bridgehead atoms. The van der Waals surface area contributed by atoms with E-state index in [9.17, 15) is 4.79 Å². The summed E-state index contributed by atoms with van der Waals surface area (Å²) in [4.78, 5) is 10.5. The molecule has 0 unspecified atom stereocenters. The zero-order valence-corrected chi connectivity index (χ0v) is 6.96. The summed E-state index contributed by atoms with van der Waals surface area (Å²) >= 11 is 0. The number of furan rings is 1. The van der Waals surface area contributed by atoms with Gasteiger partial charge in [0.15, 0.2) is 12.0 Å². The van der Waals surface area contributed by atoms with Crippen molar-refractivity contribution in [3.63, 3.8) is 0 Å². The van der Waals surface area contributed by atoms with Crippen LogP contribution >= 0.6 is 0 Å². The number of hydrogen-bond donors (Lipinski definition) is 0. The molecule has 2 rings (SSSR count). The molecule has 12 heavy (non-hydrogen) atoms. The van der Waals surface area contributed by atoms with E-state index in [-0.39, 0.29) is 0 Å². The number of carbonyl (C=O) groups is 1. The van der Waals surface area contributed by atoms with Crippen molar-refractivity contribution < 1.29 is 9.21 Å². The highest BCUT2D eigenvalue weighted by Crippen LogP contribution is 2.01. The zero-order chi connectivity index (χ0) is 8.55. The Labute approximate surface area is 70.2 Å². The van der Waals surface area contributed by atoms with Gasteiger partial charge in [-0.3, -0.25) is 4.79 Å². The Morgan fingerprint density at radius 2 is 2.17 bits per heavy atom. The van der Waals surface area contributed by atoms with E-state index in [1.807, 2.05) is 13.0 Å². The van der Waals surface area contributed by atoms with Gasteiger partial charge in [0.05, 0.1) is 0 Å². The molecule has 0 radical (unpaired) electrons. The summed E-state index contributed by atoms with van der Waals surface area (Å²) in [5.74, 6) is 0.467. The number of rotatable bonds is 1. The van der Waals surface area contributed by atoms with Crippen LogP contribution in [0.1, 0.15) is 29.0 Å². The highest BCUT2D eigenvalue weighted by molar-refractivity contribution is 5.73. The molecular weight excluding hydrogens is 152 g/mol. The Kier molecular flexibility index (Phi) is 1.61. The molecule has 0 saturated heterocycles. The van der Waals surface area contributed by atoms with E-state index in [0.29, 0.717) is 5.76 Å². The predicted molar refractivity (Wildman–Crippen MR) is 46.2 cm³/mol. The maximum atomic E-state index is 10.5. The molecular formula is C10H10O2. The molecule has 2 heteroatoms. The van der Waals surface area contributed by atoms with Crippen LogP contribution in [0.5, 0.6) is 0 Å². The van der Waals surface area contributed by atoms with Crippen molar-refractivity contribution in [1.82, 2.24) is 0 Å². The summed E-state index contributed by atoms with van der Waals surface area (Å²) in [7, 11) is 0. The first-order valence-corrected chi connectivity index (χ1v) is 4.08. The predicted octanol–water partition coefficient (Wildman–Crippen LogP) is 0.755. The summed E-state index contributed by atoms with van der Waals surface area (Å²) in [6.45, 7) is 1.92. The topological polar surface area (TPSA) is 30.2 Å². The van der Waals surface area contributed by atoms with Crippen molar-refractivity contribution in [2.45, 2.75) is 19.8 Å². The van der Waals surface area contributed by atoms with E-state index in [1.165, 1.54) is 0 Å². The Balaban J connectivity index is 2.85. The van der Waals surface area contributed by atoms with Crippen LogP contribution in [-0.2, 0) is 0 Å². The molecule has 62 valence electrons. The molecule has 0 spiro atoms. The number of carbonyl (C=O) groups excluding carboxylic acids is 1. The fraction of sp³-hybridized carbons (Fsp3) is 0.300. The van der Waals surface area contributed by atoms with Gasteiger partial charge in [-0.25, -0.2) is 0 Å². The number of aldehydes is 1. The first-order valence-electron chi connectivity index (χ1n) is 4.08. The van der Waals surface area contributed by atoms with E-state index in [0.717, 1.165) is 35.3 Å². The van der Waals surface area contributed by atoms with E-state index in [2.05, 4.69) is 6.08 Å². The van der Waals surface area contributed by atoms with Crippen LogP contribution in [-0.4, -0.2) is 6.29 Å². The van der Waals surface area contributed by atoms with Crippen molar-refractivity contribution in [2.75, 3.05) is 0 Å². The van der Waals surface area contributed by atoms with Crippen LogP contribution in [0.2, 0.25) is 0 Å². The molecule has 0 amide bonds. The first-order chi connectivity index (χ1) is 5.83. The average molecular weight is 162 g/mol. The van der Waals surface area contributed by atoms with Gasteiger partial charge in [-0.1, -0.05) is 6.08 Å². The molecule has 0 N–H and O–H groups in total. The lowest BCUT2D eigenvalue weighted by Crippen LogP contribution is -2.23. The van der Waals surface area contributed by atoms with Crippen LogP contribution in [0.15, 0.2) is 4.42 Å². The minimum absolute atomic E-state index is 0.467.